The molecule has 0 unspecified atom stereocenters. The number of nitrogens with zero attached hydrogens (tertiary/aromatic N) is 1. The summed E-state index contributed by atoms with van der Waals surface area (Å²) in [5, 5.41) is 20.6. The molecule has 2 aromatic rings. The van der Waals surface area contributed by atoms with Crippen LogP contribution in [0.1, 0.15) is 15.9 Å². The van der Waals surface area contributed by atoms with Crippen LogP contribution in [-0.2, 0) is 10.0 Å². The van der Waals surface area contributed by atoms with E-state index in [4.69, 9.17) is 9.47 Å². The first kappa shape index (κ1) is 20.0. The molecule has 0 heterocycles. The van der Waals surface area contributed by atoms with Crippen LogP contribution in [0, 0.1) is 17.0 Å². The zero-order valence-corrected chi connectivity index (χ0v) is 15.4. The Hall–Kier alpha value is -3.34. The normalized spacial score (nSPS) is 10.9. The van der Waals surface area contributed by atoms with Crippen LogP contribution in [0.4, 0.5) is 11.4 Å². The van der Waals surface area contributed by atoms with Crippen molar-refractivity contribution in [3.8, 4) is 11.5 Å². The fourth-order valence-electron chi connectivity index (χ4n) is 2.46. The van der Waals surface area contributed by atoms with Gasteiger partial charge in [-0.1, -0.05) is 12.1 Å². The summed E-state index contributed by atoms with van der Waals surface area (Å²) in [6, 6.07) is 6.19. The first-order chi connectivity index (χ1) is 12.6. The van der Waals surface area contributed by atoms with E-state index in [1.165, 1.54) is 39.3 Å². The molecule has 27 heavy (non-hydrogen) atoms. The molecular weight excluding hydrogens is 380 g/mol. The van der Waals surface area contributed by atoms with E-state index < -0.39 is 37.1 Å². The Morgan fingerprint density at radius 2 is 1.89 bits per heavy atom. The number of carboxylic acids is 1. The molecular formula is C16H16N2O8S. The van der Waals surface area contributed by atoms with Crippen molar-refractivity contribution in [2.45, 2.75) is 11.8 Å². The van der Waals surface area contributed by atoms with Gasteiger partial charge in [0.05, 0.1) is 24.7 Å². The van der Waals surface area contributed by atoms with Crippen LogP contribution in [0.5, 0.6) is 11.5 Å². The highest BCUT2D eigenvalue weighted by atomic mass is 32.2. The number of carbonyl (C=O) groups is 1. The number of aryl methyl sites for hydroxylation is 1. The lowest BCUT2D eigenvalue weighted by molar-refractivity contribution is -0.387. The number of nitro groups is 1. The lowest BCUT2D eigenvalue weighted by Gasteiger charge is -2.16. The van der Waals surface area contributed by atoms with Gasteiger partial charge in [-0.15, -0.1) is 0 Å². The summed E-state index contributed by atoms with van der Waals surface area (Å²) in [5.74, 6) is -1.43. The summed E-state index contributed by atoms with van der Waals surface area (Å²) in [4.78, 5) is 21.4. The average Bonchev–Trinajstić information content (AvgIpc) is 2.60. The minimum absolute atomic E-state index is 0.119. The summed E-state index contributed by atoms with van der Waals surface area (Å²) in [6.07, 6.45) is 0. The van der Waals surface area contributed by atoms with E-state index in [0.717, 1.165) is 12.1 Å². The molecule has 0 aromatic heterocycles. The molecule has 0 aliphatic carbocycles. The highest BCUT2D eigenvalue weighted by molar-refractivity contribution is 7.93. The van der Waals surface area contributed by atoms with Gasteiger partial charge < -0.3 is 14.6 Å². The largest absolute Gasteiger partial charge is 0.497 e. The molecule has 0 amide bonds. The molecule has 0 fully saturated rings. The Morgan fingerprint density at radius 1 is 1.22 bits per heavy atom. The minimum atomic E-state index is -4.50. The van der Waals surface area contributed by atoms with Crippen molar-refractivity contribution in [3.05, 3.63) is 51.6 Å². The third-order valence-electron chi connectivity index (χ3n) is 3.65. The van der Waals surface area contributed by atoms with E-state index in [0.29, 0.717) is 0 Å². The van der Waals surface area contributed by atoms with Gasteiger partial charge >= 0.3 is 5.97 Å². The standard InChI is InChI=1S/C16H16N2O8S/c1-9-5-4-6-12(18(21)22)15(9)27(23,24)17-14-11(16(19)20)7-10(25-2)8-13(14)26-3/h4-8,17H,1-3H3,(H,19,20). The molecule has 0 saturated heterocycles. The number of nitro benzene ring substituents is 1. The zero-order valence-electron chi connectivity index (χ0n) is 14.5. The lowest BCUT2D eigenvalue weighted by atomic mass is 10.1. The van der Waals surface area contributed by atoms with Gasteiger partial charge in [-0.05, 0) is 18.6 Å². The van der Waals surface area contributed by atoms with E-state index in [1.807, 2.05) is 0 Å². The number of aromatic carboxylic acids is 1. The third-order valence-corrected chi connectivity index (χ3v) is 5.20. The number of hydrogen-bond acceptors (Lipinski definition) is 7. The predicted octanol–water partition coefficient (Wildman–Crippen LogP) is 2.42. The summed E-state index contributed by atoms with van der Waals surface area (Å²) >= 11 is 0. The molecule has 0 atom stereocenters. The molecule has 0 spiro atoms. The first-order valence-corrected chi connectivity index (χ1v) is 8.86. The lowest BCUT2D eigenvalue weighted by Crippen LogP contribution is -2.19. The van der Waals surface area contributed by atoms with E-state index >= 15 is 0 Å². The highest BCUT2D eigenvalue weighted by Crippen LogP contribution is 2.37. The van der Waals surface area contributed by atoms with Gasteiger partial charge in [0.1, 0.15) is 17.2 Å². The number of benzene rings is 2. The van der Waals surface area contributed by atoms with Crippen LogP contribution >= 0.6 is 0 Å². The Bertz CT molecular complexity index is 1020. The summed E-state index contributed by atoms with van der Waals surface area (Å²) < 4.78 is 37.8. The Balaban J connectivity index is 2.70. The van der Waals surface area contributed by atoms with Crippen molar-refractivity contribution >= 4 is 27.4 Å². The SMILES string of the molecule is COc1cc(OC)c(NS(=O)(=O)c2c(C)cccc2[N+](=O)[O-])c(C(=O)O)c1. The molecule has 0 aliphatic heterocycles. The number of rotatable bonds is 7. The topological polar surface area (TPSA) is 145 Å². The van der Waals surface area contributed by atoms with Gasteiger partial charge in [0, 0.05) is 12.1 Å². The van der Waals surface area contributed by atoms with Crippen molar-refractivity contribution < 1.29 is 32.7 Å². The van der Waals surface area contributed by atoms with Crippen molar-refractivity contribution in [1.82, 2.24) is 0 Å². The van der Waals surface area contributed by atoms with E-state index in [-0.39, 0.29) is 22.7 Å². The fraction of sp³-hybridized carbons (Fsp3) is 0.188. The van der Waals surface area contributed by atoms with Crippen molar-refractivity contribution in [2.24, 2.45) is 0 Å². The summed E-state index contributed by atoms with van der Waals surface area (Å²) in [7, 11) is -1.98. The van der Waals surface area contributed by atoms with Crippen molar-refractivity contribution in [1.29, 1.82) is 0 Å². The molecule has 2 rings (SSSR count). The molecule has 2 aromatic carbocycles. The molecule has 11 heteroatoms. The van der Waals surface area contributed by atoms with E-state index in [9.17, 15) is 28.4 Å². The van der Waals surface area contributed by atoms with Gasteiger partial charge in [-0.2, -0.15) is 0 Å². The fourth-order valence-corrected chi connectivity index (χ4v) is 3.95. The molecule has 144 valence electrons. The Morgan fingerprint density at radius 3 is 2.41 bits per heavy atom. The van der Waals surface area contributed by atoms with Crippen LogP contribution in [-0.4, -0.2) is 38.6 Å². The maximum Gasteiger partial charge on any atom is 0.338 e. The van der Waals surface area contributed by atoms with Gasteiger partial charge in [0.25, 0.3) is 15.7 Å². The number of carboxylic acid groups (broad SMARTS) is 1. The molecule has 0 bridgehead atoms. The number of nitrogens with one attached hydrogen (secondary N) is 1. The monoisotopic (exact) mass is 396 g/mol. The number of ether oxygens (including phenoxy) is 2. The van der Waals surface area contributed by atoms with E-state index in [1.54, 1.807) is 0 Å². The minimum Gasteiger partial charge on any atom is -0.497 e. The van der Waals surface area contributed by atoms with Crippen molar-refractivity contribution in [3.63, 3.8) is 0 Å². The first-order valence-electron chi connectivity index (χ1n) is 7.38. The second-order valence-corrected chi connectivity index (χ2v) is 6.96. The average molecular weight is 396 g/mol. The van der Waals surface area contributed by atoms with Crippen LogP contribution in [0.3, 0.4) is 0 Å². The van der Waals surface area contributed by atoms with E-state index in [2.05, 4.69) is 4.72 Å². The quantitative estimate of drug-likeness (QED) is 0.536. The number of anilines is 1. The molecule has 0 radical (unpaired) electrons. The van der Waals surface area contributed by atoms with Crippen LogP contribution in [0.25, 0.3) is 0 Å². The maximum absolute atomic E-state index is 12.8. The van der Waals surface area contributed by atoms with Gasteiger partial charge in [-0.25, -0.2) is 13.2 Å². The molecule has 0 saturated carbocycles. The Kier molecular flexibility index (Phi) is 5.55. The van der Waals surface area contributed by atoms with Gasteiger partial charge in [-0.3, -0.25) is 14.8 Å². The van der Waals surface area contributed by atoms with Crippen LogP contribution in [0.15, 0.2) is 35.2 Å². The molecule has 0 aliphatic rings. The van der Waals surface area contributed by atoms with Crippen LogP contribution < -0.4 is 14.2 Å². The predicted molar refractivity (Wildman–Crippen MR) is 95.1 cm³/mol. The maximum atomic E-state index is 12.8. The molecule has 10 nitrogen and oxygen atoms in total. The number of methoxy groups -OCH3 is 2. The second kappa shape index (κ2) is 7.50. The smallest absolute Gasteiger partial charge is 0.338 e. The van der Waals surface area contributed by atoms with Gasteiger partial charge in [0.15, 0.2) is 4.90 Å². The van der Waals surface area contributed by atoms with Crippen molar-refractivity contribution in [2.75, 3.05) is 18.9 Å². The zero-order chi connectivity index (χ0) is 20.4. The third kappa shape index (κ3) is 3.92. The second-order valence-electron chi connectivity index (χ2n) is 5.34. The number of hydrogen-bond donors (Lipinski definition) is 2. The number of sulfonamides is 1. The highest BCUT2D eigenvalue weighted by Gasteiger charge is 2.30. The molecule has 2 N–H and O–H groups in total. The summed E-state index contributed by atoms with van der Waals surface area (Å²) in [6.45, 7) is 1.39. The Labute approximate surface area is 154 Å². The van der Waals surface area contributed by atoms with Gasteiger partial charge in [0.2, 0.25) is 0 Å². The summed E-state index contributed by atoms with van der Waals surface area (Å²) in [5.41, 5.74) is -1.32. The van der Waals surface area contributed by atoms with Crippen LogP contribution in [0.2, 0.25) is 0 Å².